The Morgan fingerprint density at radius 1 is 1.48 bits per heavy atom. The second-order valence-corrected chi connectivity index (χ2v) is 5.52. The van der Waals surface area contributed by atoms with Crippen molar-refractivity contribution in [2.24, 2.45) is 11.7 Å². The van der Waals surface area contributed by atoms with Gasteiger partial charge < -0.3 is 15.7 Å². The summed E-state index contributed by atoms with van der Waals surface area (Å²) < 4.78 is 13.0. The normalized spacial score (nSPS) is 22.5. The van der Waals surface area contributed by atoms with Gasteiger partial charge in [0.05, 0.1) is 5.56 Å². The van der Waals surface area contributed by atoms with Crippen molar-refractivity contribution >= 4 is 5.95 Å². The molecule has 3 rings (SSSR count). The van der Waals surface area contributed by atoms with Crippen LogP contribution < -0.4 is 10.6 Å². The van der Waals surface area contributed by atoms with Crippen LogP contribution in [0.4, 0.5) is 10.3 Å². The summed E-state index contributed by atoms with van der Waals surface area (Å²) in [6.45, 7) is 3.69. The third kappa shape index (κ3) is 2.69. The van der Waals surface area contributed by atoms with Crippen molar-refractivity contribution in [3.63, 3.8) is 0 Å². The number of phenols is 1. The van der Waals surface area contributed by atoms with Crippen LogP contribution in [0.3, 0.4) is 0 Å². The Balaban J connectivity index is 1.83. The lowest BCUT2D eigenvalue weighted by Crippen LogP contribution is -2.48. The van der Waals surface area contributed by atoms with Crippen molar-refractivity contribution in [2.45, 2.75) is 19.4 Å². The standard InChI is InChI=1S/C14H18FN5O/c1-8-4-5-20(7-11(8)16)14-17-13(18-19-14)10-3-2-9(15)6-12(10)21/h2-3,6,8,11,21H,4-5,7,16H2,1H3,(H,17,18,19). The molecule has 1 aromatic heterocycles. The van der Waals surface area contributed by atoms with E-state index in [1.807, 2.05) is 4.90 Å². The van der Waals surface area contributed by atoms with E-state index in [2.05, 4.69) is 22.1 Å². The number of hydrogen-bond acceptors (Lipinski definition) is 5. The van der Waals surface area contributed by atoms with E-state index >= 15 is 0 Å². The number of nitrogens with two attached hydrogens (primary N) is 1. The molecule has 0 radical (unpaired) electrons. The maximum Gasteiger partial charge on any atom is 0.245 e. The highest BCUT2D eigenvalue weighted by Crippen LogP contribution is 2.28. The molecule has 21 heavy (non-hydrogen) atoms. The number of benzene rings is 1. The zero-order chi connectivity index (χ0) is 15.0. The molecule has 112 valence electrons. The molecule has 2 unspecified atom stereocenters. The van der Waals surface area contributed by atoms with E-state index in [0.29, 0.717) is 29.8 Å². The summed E-state index contributed by atoms with van der Waals surface area (Å²) in [5, 5.41) is 16.7. The van der Waals surface area contributed by atoms with E-state index in [-0.39, 0.29) is 11.8 Å². The number of aromatic hydroxyl groups is 1. The molecule has 7 heteroatoms. The van der Waals surface area contributed by atoms with Gasteiger partial charge in [0.2, 0.25) is 5.95 Å². The lowest BCUT2D eigenvalue weighted by atomic mass is 9.95. The van der Waals surface area contributed by atoms with Crippen molar-refractivity contribution < 1.29 is 9.50 Å². The van der Waals surface area contributed by atoms with Gasteiger partial charge in [-0.2, -0.15) is 4.98 Å². The van der Waals surface area contributed by atoms with Crippen LogP contribution in [0.15, 0.2) is 18.2 Å². The molecule has 1 aliphatic heterocycles. The van der Waals surface area contributed by atoms with E-state index in [4.69, 9.17) is 5.73 Å². The topological polar surface area (TPSA) is 91.1 Å². The van der Waals surface area contributed by atoms with Gasteiger partial charge in [-0.05, 0) is 24.5 Å². The average Bonchev–Trinajstić information content (AvgIpc) is 2.91. The first-order valence-electron chi connectivity index (χ1n) is 6.96. The molecular formula is C14H18FN5O. The summed E-state index contributed by atoms with van der Waals surface area (Å²) in [4.78, 5) is 6.39. The first kappa shape index (κ1) is 13.8. The molecule has 4 N–H and O–H groups in total. The fourth-order valence-electron chi connectivity index (χ4n) is 2.50. The average molecular weight is 291 g/mol. The molecule has 2 heterocycles. The minimum Gasteiger partial charge on any atom is -0.507 e. The second kappa shape index (κ2) is 5.33. The lowest BCUT2D eigenvalue weighted by Gasteiger charge is -2.34. The third-order valence-electron chi connectivity index (χ3n) is 3.99. The first-order chi connectivity index (χ1) is 10.0. The number of rotatable bonds is 2. The van der Waals surface area contributed by atoms with Crippen molar-refractivity contribution in [3.05, 3.63) is 24.0 Å². The van der Waals surface area contributed by atoms with Crippen molar-refractivity contribution in [2.75, 3.05) is 18.0 Å². The molecule has 6 nitrogen and oxygen atoms in total. The summed E-state index contributed by atoms with van der Waals surface area (Å²) in [6.07, 6.45) is 0.993. The van der Waals surface area contributed by atoms with E-state index in [9.17, 15) is 9.50 Å². The number of hydrogen-bond donors (Lipinski definition) is 3. The highest BCUT2D eigenvalue weighted by Gasteiger charge is 2.25. The molecule has 1 fully saturated rings. The summed E-state index contributed by atoms with van der Waals surface area (Å²) in [5.41, 5.74) is 6.50. The van der Waals surface area contributed by atoms with Gasteiger partial charge in [0, 0.05) is 25.2 Å². The van der Waals surface area contributed by atoms with Gasteiger partial charge in [0.1, 0.15) is 11.6 Å². The van der Waals surface area contributed by atoms with E-state index in [1.165, 1.54) is 12.1 Å². The van der Waals surface area contributed by atoms with Crippen molar-refractivity contribution in [1.29, 1.82) is 0 Å². The smallest absolute Gasteiger partial charge is 0.245 e. The van der Waals surface area contributed by atoms with Crippen LogP contribution in [0.5, 0.6) is 5.75 Å². The number of nitrogens with zero attached hydrogens (tertiary/aromatic N) is 3. The number of anilines is 1. The van der Waals surface area contributed by atoms with Gasteiger partial charge in [-0.25, -0.2) is 4.39 Å². The Hall–Kier alpha value is -2.15. The monoisotopic (exact) mass is 291 g/mol. The summed E-state index contributed by atoms with van der Waals surface area (Å²) >= 11 is 0. The minimum absolute atomic E-state index is 0.0972. The first-order valence-corrected chi connectivity index (χ1v) is 6.96. The Labute approximate surface area is 121 Å². The van der Waals surface area contributed by atoms with Gasteiger partial charge in [0.15, 0.2) is 5.82 Å². The number of halogens is 1. The quantitative estimate of drug-likeness (QED) is 0.780. The van der Waals surface area contributed by atoms with Crippen LogP contribution in [0, 0.1) is 11.7 Å². The zero-order valence-electron chi connectivity index (χ0n) is 11.8. The second-order valence-electron chi connectivity index (χ2n) is 5.52. The van der Waals surface area contributed by atoms with Gasteiger partial charge in [-0.3, -0.25) is 5.10 Å². The maximum atomic E-state index is 13.0. The van der Waals surface area contributed by atoms with Crippen LogP contribution in [0.25, 0.3) is 11.4 Å². The summed E-state index contributed by atoms with van der Waals surface area (Å²) in [7, 11) is 0. The third-order valence-corrected chi connectivity index (χ3v) is 3.99. The molecule has 0 bridgehead atoms. The van der Waals surface area contributed by atoms with Gasteiger partial charge >= 0.3 is 0 Å². The van der Waals surface area contributed by atoms with E-state index in [0.717, 1.165) is 19.0 Å². The van der Waals surface area contributed by atoms with Crippen LogP contribution in [0.2, 0.25) is 0 Å². The van der Waals surface area contributed by atoms with Crippen LogP contribution in [-0.4, -0.2) is 39.4 Å². The fourth-order valence-corrected chi connectivity index (χ4v) is 2.50. The molecule has 1 aromatic carbocycles. The van der Waals surface area contributed by atoms with Gasteiger partial charge in [-0.1, -0.05) is 6.92 Å². The van der Waals surface area contributed by atoms with Crippen LogP contribution in [-0.2, 0) is 0 Å². The number of aromatic amines is 1. The highest BCUT2D eigenvalue weighted by atomic mass is 19.1. The zero-order valence-corrected chi connectivity index (χ0v) is 11.8. The van der Waals surface area contributed by atoms with E-state index in [1.54, 1.807) is 0 Å². The fraction of sp³-hybridized carbons (Fsp3) is 0.429. The molecular weight excluding hydrogens is 273 g/mol. The van der Waals surface area contributed by atoms with Crippen molar-refractivity contribution in [1.82, 2.24) is 15.2 Å². The Bertz CT molecular complexity index is 644. The Morgan fingerprint density at radius 2 is 2.29 bits per heavy atom. The molecule has 2 aromatic rings. The SMILES string of the molecule is CC1CCN(c2n[nH]c(-c3ccc(F)cc3O)n2)CC1N. The number of phenolic OH excluding ortho intramolecular Hbond substituents is 1. The van der Waals surface area contributed by atoms with E-state index < -0.39 is 5.82 Å². The largest absolute Gasteiger partial charge is 0.507 e. The predicted molar refractivity (Wildman–Crippen MR) is 77.4 cm³/mol. The molecule has 2 atom stereocenters. The molecule has 1 saturated heterocycles. The number of H-pyrrole nitrogens is 1. The Morgan fingerprint density at radius 3 is 3.00 bits per heavy atom. The number of piperidine rings is 1. The van der Waals surface area contributed by atoms with Gasteiger partial charge in [-0.15, -0.1) is 5.10 Å². The highest BCUT2D eigenvalue weighted by molar-refractivity contribution is 5.64. The molecule has 0 aliphatic carbocycles. The molecule has 0 amide bonds. The summed E-state index contributed by atoms with van der Waals surface area (Å²) in [5.74, 6) is 0.792. The van der Waals surface area contributed by atoms with Crippen LogP contribution >= 0.6 is 0 Å². The predicted octanol–water partition coefficient (Wildman–Crippen LogP) is 1.49. The number of nitrogens with one attached hydrogen (secondary N) is 1. The Kier molecular flexibility index (Phi) is 3.50. The van der Waals surface area contributed by atoms with Gasteiger partial charge in [0.25, 0.3) is 0 Å². The minimum atomic E-state index is -0.494. The van der Waals surface area contributed by atoms with Crippen molar-refractivity contribution in [3.8, 4) is 17.1 Å². The lowest BCUT2D eigenvalue weighted by molar-refractivity contribution is 0.376. The van der Waals surface area contributed by atoms with Crippen LogP contribution in [0.1, 0.15) is 13.3 Å². The number of aromatic nitrogens is 3. The maximum absolute atomic E-state index is 13.0. The molecule has 0 spiro atoms. The summed E-state index contributed by atoms with van der Waals surface area (Å²) in [6, 6.07) is 3.89. The molecule has 1 aliphatic rings. The molecule has 0 saturated carbocycles.